The maximum absolute atomic E-state index is 13.2. The lowest BCUT2D eigenvalue weighted by Crippen LogP contribution is -2.57. The quantitative estimate of drug-likeness (QED) is 0.564. The third kappa shape index (κ3) is 4.02. The van der Waals surface area contributed by atoms with Crippen molar-refractivity contribution in [1.82, 2.24) is 19.6 Å². The van der Waals surface area contributed by atoms with Crippen LogP contribution in [-0.2, 0) is 34.5 Å². The highest BCUT2D eigenvalue weighted by atomic mass is 16.5. The monoisotopic (exact) mass is 446 g/mol. The molecule has 172 valence electrons. The molecular formula is C26H30N4O3. The first-order chi connectivity index (χ1) is 16.0. The number of hydrogen-bond acceptors (Lipinski definition) is 5. The molecule has 1 spiro atoms. The number of likely N-dealkylation sites (tertiary alicyclic amines) is 2. The SMILES string of the molecule is COC(=O)C1CC(=O)N(Cc2ccc3ccccc3c2)C12CCN(Cc1cnn(C)c1)CC2. The lowest BCUT2D eigenvalue weighted by Gasteiger charge is -2.47. The molecular weight excluding hydrogens is 416 g/mol. The molecule has 2 aromatic carbocycles. The van der Waals surface area contributed by atoms with Gasteiger partial charge in [-0.3, -0.25) is 19.2 Å². The summed E-state index contributed by atoms with van der Waals surface area (Å²) in [6.45, 7) is 2.99. The predicted octanol–water partition coefficient (Wildman–Crippen LogP) is 3.13. The van der Waals surface area contributed by atoms with Gasteiger partial charge >= 0.3 is 5.97 Å². The number of carbonyl (C=O) groups excluding carboxylic acids is 2. The van der Waals surface area contributed by atoms with Crippen LogP contribution in [0, 0.1) is 5.92 Å². The van der Waals surface area contributed by atoms with E-state index in [9.17, 15) is 9.59 Å². The number of ether oxygens (including phenoxy) is 1. The van der Waals surface area contributed by atoms with Crippen molar-refractivity contribution in [2.45, 2.75) is 37.9 Å². The normalized spacial score (nSPS) is 20.6. The molecule has 1 aromatic heterocycles. The average Bonchev–Trinajstić information content (AvgIpc) is 3.36. The van der Waals surface area contributed by atoms with E-state index in [-0.39, 0.29) is 18.3 Å². The maximum atomic E-state index is 13.2. The molecule has 2 fully saturated rings. The van der Waals surface area contributed by atoms with Crippen molar-refractivity contribution in [3.63, 3.8) is 0 Å². The first-order valence-electron chi connectivity index (χ1n) is 11.5. The van der Waals surface area contributed by atoms with E-state index in [1.165, 1.54) is 18.1 Å². The van der Waals surface area contributed by atoms with Crippen LogP contribution in [-0.4, -0.2) is 57.2 Å². The first kappa shape index (κ1) is 21.6. The van der Waals surface area contributed by atoms with Gasteiger partial charge in [-0.2, -0.15) is 5.10 Å². The maximum Gasteiger partial charge on any atom is 0.311 e. The number of carbonyl (C=O) groups is 2. The number of nitrogens with zero attached hydrogens (tertiary/aromatic N) is 4. The van der Waals surface area contributed by atoms with Gasteiger partial charge in [-0.25, -0.2) is 0 Å². The van der Waals surface area contributed by atoms with Gasteiger partial charge in [0, 0.05) is 51.4 Å². The summed E-state index contributed by atoms with van der Waals surface area (Å²) in [5, 5.41) is 6.60. The summed E-state index contributed by atoms with van der Waals surface area (Å²) < 4.78 is 6.96. The highest BCUT2D eigenvalue weighted by Crippen LogP contribution is 2.45. The van der Waals surface area contributed by atoms with Crippen LogP contribution < -0.4 is 0 Å². The smallest absolute Gasteiger partial charge is 0.311 e. The first-order valence-corrected chi connectivity index (χ1v) is 11.5. The van der Waals surface area contributed by atoms with Gasteiger partial charge in [0.1, 0.15) is 0 Å². The zero-order chi connectivity index (χ0) is 23.0. The Morgan fingerprint density at radius 2 is 1.85 bits per heavy atom. The number of hydrogen-bond donors (Lipinski definition) is 0. The Morgan fingerprint density at radius 3 is 2.55 bits per heavy atom. The van der Waals surface area contributed by atoms with Crippen LogP contribution in [0.2, 0.25) is 0 Å². The van der Waals surface area contributed by atoms with Gasteiger partial charge in [-0.1, -0.05) is 36.4 Å². The molecule has 2 saturated heterocycles. The molecule has 3 aromatic rings. The van der Waals surface area contributed by atoms with Crippen LogP contribution in [0.1, 0.15) is 30.4 Å². The lowest BCUT2D eigenvalue weighted by atomic mass is 9.76. The minimum atomic E-state index is -0.499. The topological polar surface area (TPSA) is 67.7 Å². The van der Waals surface area contributed by atoms with Crippen LogP contribution in [0.4, 0.5) is 0 Å². The molecule has 1 unspecified atom stereocenters. The summed E-state index contributed by atoms with van der Waals surface area (Å²) >= 11 is 0. The highest BCUT2D eigenvalue weighted by molar-refractivity contribution is 5.89. The molecule has 2 aliphatic heterocycles. The summed E-state index contributed by atoms with van der Waals surface area (Å²) in [6, 6.07) is 14.6. The Balaban J connectivity index is 1.39. The van der Waals surface area contributed by atoms with Crippen molar-refractivity contribution in [1.29, 1.82) is 0 Å². The van der Waals surface area contributed by atoms with E-state index in [2.05, 4.69) is 40.3 Å². The van der Waals surface area contributed by atoms with Crippen molar-refractivity contribution in [3.05, 3.63) is 66.0 Å². The van der Waals surface area contributed by atoms with E-state index in [4.69, 9.17) is 4.74 Å². The molecule has 0 aliphatic carbocycles. The Morgan fingerprint density at radius 1 is 1.09 bits per heavy atom. The van der Waals surface area contributed by atoms with Crippen LogP contribution >= 0.6 is 0 Å². The number of aryl methyl sites for hydroxylation is 1. The van der Waals surface area contributed by atoms with Crippen LogP contribution in [0.5, 0.6) is 0 Å². The van der Waals surface area contributed by atoms with Gasteiger partial charge in [0.25, 0.3) is 0 Å². The van der Waals surface area contributed by atoms with E-state index >= 15 is 0 Å². The minimum Gasteiger partial charge on any atom is -0.469 e. The summed E-state index contributed by atoms with van der Waals surface area (Å²) in [7, 11) is 3.34. The molecule has 0 radical (unpaired) electrons. The largest absolute Gasteiger partial charge is 0.469 e. The van der Waals surface area contributed by atoms with Gasteiger partial charge in [-0.15, -0.1) is 0 Å². The Kier molecular flexibility index (Phi) is 5.66. The summed E-state index contributed by atoms with van der Waals surface area (Å²) in [6.07, 6.45) is 5.67. The average molecular weight is 447 g/mol. The Labute approximate surface area is 193 Å². The van der Waals surface area contributed by atoms with Crippen LogP contribution in [0.15, 0.2) is 54.9 Å². The zero-order valence-corrected chi connectivity index (χ0v) is 19.2. The number of esters is 1. The third-order valence-corrected chi connectivity index (χ3v) is 7.39. The second kappa shape index (κ2) is 8.63. The van der Waals surface area contributed by atoms with Crippen molar-refractivity contribution in [2.75, 3.05) is 20.2 Å². The molecule has 0 N–H and O–H groups in total. The van der Waals surface area contributed by atoms with Gasteiger partial charge < -0.3 is 9.64 Å². The molecule has 0 saturated carbocycles. The number of rotatable bonds is 5. The molecule has 1 amide bonds. The van der Waals surface area contributed by atoms with E-state index in [1.54, 1.807) is 0 Å². The molecule has 33 heavy (non-hydrogen) atoms. The lowest BCUT2D eigenvalue weighted by molar-refractivity contribution is -0.150. The number of fused-ring (bicyclic) bond motifs is 1. The van der Waals surface area contributed by atoms with Gasteiger partial charge in [0.05, 0.1) is 24.8 Å². The van der Waals surface area contributed by atoms with Crippen molar-refractivity contribution < 1.29 is 14.3 Å². The van der Waals surface area contributed by atoms with E-state index in [0.717, 1.165) is 43.4 Å². The fourth-order valence-electron chi connectivity index (χ4n) is 5.65. The number of aromatic nitrogens is 2. The van der Waals surface area contributed by atoms with E-state index in [0.29, 0.717) is 6.54 Å². The molecule has 1 atom stereocenters. The van der Waals surface area contributed by atoms with Crippen molar-refractivity contribution in [2.24, 2.45) is 13.0 Å². The fourth-order valence-corrected chi connectivity index (χ4v) is 5.65. The van der Waals surface area contributed by atoms with Gasteiger partial charge in [0.2, 0.25) is 5.91 Å². The fraction of sp³-hybridized carbons (Fsp3) is 0.423. The third-order valence-electron chi connectivity index (χ3n) is 7.39. The highest BCUT2D eigenvalue weighted by Gasteiger charge is 2.56. The van der Waals surface area contributed by atoms with E-state index < -0.39 is 11.5 Å². The van der Waals surface area contributed by atoms with Crippen molar-refractivity contribution in [3.8, 4) is 0 Å². The molecule has 7 heteroatoms. The second-order valence-corrected chi connectivity index (χ2v) is 9.34. The number of methoxy groups -OCH3 is 1. The summed E-state index contributed by atoms with van der Waals surface area (Å²) in [4.78, 5) is 30.3. The number of amides is 1. The van der Waals surface area contributed by atoms with Crippen LogP contribution in [0.3, 0.4) is 0 Å². The van der Waals surface area contributed by atoms with Gasteiger partial charge in [0.15, 0.2) is 0 Å². The summed E-state index contributed by atoms with van der Waals surface area (Å²) in [5.41, 5.74) is 1.76. The second-order valence-electron chi connectivity index (χ2n) is 9.34. The summed E-state index contributed by atoms with van der Waals surface area (Å²) in [5.74, 6) is -0.652. The van der Waals surface area contributed by atoms with Gasteiger partial charge in [-0.05, 0) is 35.2 Å². The molecule has 2 aliphatic rings. The van der Waals surface area contributed by atoms with Crippen molar-refractivity contribution >= 4 is 22.6 Å². The number of benzene rings is 2. The van der Waals surface area contributed by atoms with Crippen LogP contribution in [0.25, 0.3) is 10.8 Å². The standard InChI is InChI=1S/C26H30N4O3/c1-28-16-20(15-27-28)17-29-11-9-26(10-12-29)23(25(32)33-2)14-24(31)30(26)18-19-7-8-21-5-3-4-6-22(21)13-19/h3-8,13,15-16,23H,9-12,14,17-18H2,1-2H3. The van der Waals surface area contributed by atoms with E-state index in [1.807, 2.05) is 41.2 Å². The Bertz CT molecular complexity index is 1180. The Hall–Kier alpha value is -3.19. The molecule has 3 heterocycles. The predicted molar refractivity (Wildman–Crippen MR) is 125 cm³/mol. The zero-order valence-electron chi connectivity index (χ0n) is 19.2. The molecule has 0 bridgehead atoms. The molecule has 7 nitrogen and oxygen atoms in total. The minimum absolute atomic E-state index is 0.0410. The molecule has 5 rings (SSSR count). The number of piperidine rings is 1.